The first kappa shape index (κ1) is 22.5. The van der Waals surface area contributed by atoms with Gasteiger partial charge in [0.1, 0.15) is 12.9 Å². The fourth-order valence-corrected chi connectivity index (χ4v) is 3.73. The molecule has 8 heteroatoms. The van der Waals surface area contributed by atoms with E-state index in [0.29, 0.717) is 12.5 Å². The van der Waals surface area contributed by atoms with E-state index in [-0.39, 0.29) is 25.0 Å². The second kappa shape index (κ2) is 11.2. The SMILES string of the molecule is CCCCCCCCCOC(=O)N1CN(C2CC(C)C(CC)O2)C(=O)N=C1N. The topological polar surface area (TPSA) is 97.5 Å². The molecule has 1 saturated heterocycles. The standard InChI is InChI=1S/C20H36N4O4/c1-4-6-7-8-9-10-11-12-27-20(26)24-14-23(19(25)22-18(24)21)17-13-15(3)16(5-2)28-17/h15-17H,4-14H2,1-3H3,(H2,21,22,25). The summed E-state index contributed by atoms with van der Waals surface area (Å²) in [5.74, 6) is 0.229. The van der Waals surface area contributed by atoms with E-state index in [0.717, 1.165) is 32.1 Å². The minimum atomic E-state index is -0.567. The van der Waals surface area contributed by atoms with Crippen LogP contribution in [-0.2, 0) is 9.47 Å². The molecule has 0 aromatic rings. The third-order valence-electron chi connectivity index (χ3n) is 5.51. The van der Waals surface area contributed by atoms with Crippen molar-refractivity contribution in [1.82, 2.24) is 9.80 Å². The Morgan fingerprint density at radius 2 is 1.89 bits per heavy atom. The molecule has 0 aromatic heterocycles. The van der Waals surface area contributed by atoms with E-state index in [1.807, 2.05) is 0 Å². The molecule has 0 saturated carbocycles. The molecule has 1 fully saturated rings. The van der Waals surface area contributed by atoms with Crippen LogP contribution >= 0.6 is 0 Å². The van der Waals surface area contributed by atoms with Gasteiger partial charge in [-0.2, -0.15) is 4.99 Å². The summed E-state index contributed by atoms with van der Waals surface area (Å²) in [5.41, 5.74) is 5.80. The van der Waals surface area contributed by atoms with Crippen molar-refractivity contribution in [2.24, 2.45) is 16.6 Å². The Kier molecular flexibility index (Phi) is 9.02. The third kappa shape index (κ3) is 6.09. The summed E-state index contributed by atoms with van der Waals surface area (Å²) in [6.45, 7) is 6.72. The van der Waals surface area contributed by atoms with Gasteiger partial charge in [-0.05, 0) is 25.2 Å². The quantitative estimate of drug-likeness (QED) is 0.562. The van der Waals surface area contributed by atoms with E-state index in [4.69, 9.17) is 15.2 Å². The van der Waals surface area contributed by atoms with E-state index in [1.165, 1.54) is 35.5 Å². The van der Waals surface area contributed by atoms with Crippen LogP contribution in [0.3, 0.4) is 0 Å². The first-order chi connectivity index (χ1) is 13.5. The highest BCUT2D eigenvalue weighted by Gasteiger charge is 2.40. The zero-order valence-corrected chi connectivity index (χ0v) is 17.6. The highest BCUT2D eigenvalue weighted by atomic mass is 16.6. The fraction of sp³-hybridized carbons (Fsp3) is 0.850. The van der Waals surface area contributed by atoms with Crippen LogP contribution in [0.15, 0.2) is 4.99 Å². The molecule has 0 bridgehead atoms. The molecule has 28 heavy (non-hydrogen) atoms. The van der Waals surface area contributed by atoms with E-state index >= 15 is 0 Å². The average Bonchev–Trinajstić information content (AvgIpc) is 3.04. The molecule has 2 N–H and O–H groups in total. The Morgan fingerprint density at radius 1 is 1.21 bits per heavy atom. The minimum absolute atomic E-state index is 0.0117. The van der Waals surface area contributed by atoms with Crippen molar-refractivity contribution in [3.63, 3.8) is 0 Å². The number of carbonyl (C=O) groups is 2. The van der Waals surface area contributed by atoms with Crippen LogP contribution in [0.2, 0.25) is 0 Å². The number of carbonyl (C=O) groups excluding carboxylic acids is 2. The zero-order chi connectivity index (χ0) is 20.5. The number of urea groups is 1. The molecule has 160 valence electrons. The molecule has 0 aliphatic carbocycles. The maximum Gasteiger partial charge on any atom is 0.418 e. The molecular weight excluding hydrogens is 360 g/mol. The van der Waals surface area contributed by atoms with Crippen molar-refractivity contribution < 1.29 is 19.1 Å². The zero-order valence-electron chi connectivity index (χ0n) is 17.6. The van der Waals surface area contributed by atoms with Gasteiger partial charge in [0.25, 0.3) is 0 Å². The van der Waals surface area contributed by atoms with Gasteiger partial charge in [0.15, 0.2) is 0 Å². The molecule has 0 radical (unpaired) electrons. The highest BCUT2D eigenvalue weighted by molar-refractivity contribution is 6.01. The van der Waals surface area contributed by atoms with E-state index < -0.39 is 12.1 Å². The number of unbranched alkanes of at least 4 members (excludes halogenated alkanes) is 6. The largest absolute Gasteiger partial charge is 0.449 e. The molecule has 3 amide bonds. The first-order valence-corrected chi connectivity index (χ1v) is 10.7. The Hall–Kier alpha value is -1.83. The Bertz CT molecular complexity index is 554. The van der Waals surface area contributed by atoms with Crippen LogP contribution in [0.25, 0.3) is 0 Å². The summed E-state index contributed by atoms with van der Waals surface area (Å²) >= 11 is 0. The summed E-state index contributed by atoms with van der Waals surface area (Å²) in [4.78, 5) is 31.1. The summed E-state index contributed by atoms with van der Waals surface area (Å²) in [5, 5.41) is 0. The number of hydrogen-bond acceptors (Lipinski definition) is 5. The Morgan fingerprint density at radius 3 is 2.54 bits per heavy atom. The van der Waals surface area contributed by atoms with Gasteiger partial charge in [0, 0.05) is 0 Å². The van der Waals surface area contributed by atoms with Crippen LogP contribution in [0.5, 0.6) is 0 Å². The maximum absolute atomic E-state index is 12.4. The summed E-state index contributed by atoms with van der Waals surface area (Å²) in [6, 6.07) is -0.470. The fourth-order valence-electron chi connectivity index (χ4n) is 3.73. The molecule has 0 spiro atoms. The second-order valence-corrected chi connectivity index (χ2v) is 7.78. The Labute approximate surface area is 168 Å². The van der Waals surface area contributed by atoms with Crippen LogP contribution in [0.1, 0.15) is 78.6 Å². The first-order valence-electron chi connectivity index (χ1n) is 10.7. The predicted octanol–water partition coefficient (Wildman–Crippen LogP) is 4.04. The van der Waals surface area contributed by atoms with Crippen molar-refractivity contribution in [3.05, 3.63) is 0 Å². The van der Waals surface area contributed by atoms with Gasteiger partial charge < -0.3 is 15.2 Å². The number of nitrogens with two attached hydrogens (primary N) is 1. The predicted molar refractivity (Wildman–Crippen MR) is 108 cm³/mol. The lowest BCUT2D eigenvalue weighted by atomic mass is 10.0. The summed E-state index contributed by atoms with van der Waals surface area (Å²) in [6.07, 6.45) is 8.79. The lowest BCUT2D eigenvalue weighted by Crippen LogP contribution is -2.56. The molecular formula is C20H36N4O4. The lowest BCUT2D eigenvalue weighted by Gasteiger charge is -2.35. The number of hydrogen-bond donors (Lipinski definition) is 1. The lowest BCUT2D eigenvalue weighted by molar-refractivity contribution is -0.0482. The van der Waals surface area contributed by atoms with E-state index in [9.17, 15) is 9.59 Å². The molecule has 2 aliphatic heterocycles. The molecule has 2 heterocycles. The van der Waals surface area contributed by atoms with Gasteiger partial charge in [-0.1, -0.05) is 59.3 Å². The Balaban J connectivity index is 1.78. The van der Waals surface area contributed by atoms with E-state index in [1.54, 1.807) is 0 Å². The number of nitrogens with zero attached hydrogens (tertiary/aromatic N) is 3. The number of amides is 3. The molecule has 8 nitrogen and oxygen atoms in total. The van der Waals surface area contributed by atoms with Crippen LogP contribution in [0.4, 0.5) is 9.59 Å². The van der Waals surface area contributed by atoms with E-state index in [2.05, 4.69) is 25.8 Å². The highest BCUT2D eigenvalue weighted by Crippen LogP contribution is 2.31. The van der Waals surface area contributed by atoms with Crippen molar-refractivity contribution in [2.45, 2.75) is 90.9 Å². The third-order valence-corrected chi connectivity index (χ3v) is 5.51. The van der Waals surface area contributed by atoms with Crippen molar-refractivity contribution in [1.29, 1.82) is 0 Å². The van der Waals surface area contributed by atoms with Crippen LogP contribution in [0, 0.1) is 5.92 Å². The summed E-state index contributed by atoms with van der Waals surface area (Å²) in [7, 11) is 0. The molecule has 2 rings (SSSR count). The number of aliphatic imine (C=N–C) groups is 1. The van der Waals surface area contributed by atoms with Crippen molar-refractivity contribution >= 4 is 18.1 Å². The molecule has 0 aromatic carbocycles. The van der Waals surface area contributed by atoms with Gasteiger partial charge in [0.05, 0.1) is 12.7 Å². The maximum atomic E-state index is 12.4. The molecule has 3 unspecified atom stereocenters. The molecule has 3 atom stereocenters. The summed E-state index contributed by atoms with van der Waals surface area (Å²) < 4.78 is 11.3. The minimum Gasteiger partial charge on any atom is -0.449 e. The van der Waals surface area contributed by atoms with Gasteiger partial charge in [0.2, 0.25) is 5.96 Å². The van der Waals surface area contributed by atoms with Crippen molar-refractivity contribution in [2.75, 3.05) is 13.3 Å². The normalized spacial score (nSPS) is 25.2. The average molecular weight is 397 g/mol. The van der Waals surface area contributed by atoms with Crippen LogP contribution in [-0.4, -0.2) is 53.5 Å². The van der Waals surface area contributed by atoms with Gasteiger partial charge >= 0.3 is 12.1 Å². The molecule has 2 aliphatic rings. The van der Waals surface area contributed by atoms with Crippen molar-refractivity contribution in [3.8, 4) is 0 Å². The van der Waals surface area contributed by atoms with Gasteiger partial charge in [-0.3, -0.25) is 4.90 Å². The number of ether oxygens (including phenoxy) is 2. The second-order valence-electron chi connectivity index (χ2n) is 7.78. The van der Waals surface area contributed by atoms with Gasteiger partial charge in [-0.25, -0.2) is 14.5 Å². The number of rotatable bonds is 10. The van der Waals surface area contributed by atoms with Gasteiger partial charge in [-0.15, -0.1) is 0 Å². The smallest absolute Gasteiger partial charge is 0.418 e. The monoisotopic (exact) mass is 396 g/mol. The van der Waals surface area contributed by atoms with Crippen LogP contribution < -0.4 is 5.73 Å². The number of guanidine groups is 1.